The summed E-state index contributed by atoms with van der Waals surface area (Å²) in [6, 6.07) is 3.41. The summed E-state index contributed by atoms with van der Waals surface area (Å²) in [5, 5.41) is 10.4. The van der Waals surface area contributed by atoms with E-state index in [0.717, 1.165) is 12.1 Å². The van der Waals surface area contributed by atoms with Crippen molar-refractivity contribution in [3.8, 4) is 0 Å². The molecule has 0 radical (unpaired) electrons. The highest BCUT2D eigenvalue weighted by Crippen LogP contribution is 2.26. The molecule has 20 heavy (non-hydrogen) atoms. The average Bonchev–Trinajstić information content (AvgIpc) is 2.65. The fourth-order valence-corrected chi connectivity index (χ4v) is 1.75. The Hall–Kier alpha value is -2.58. The smallest absolute Gasteiger partial charge is 0.465 e. The predicted octanol–water partition coefficient (Wildman–Crippen LogP) is 1.82. The maximum atomic E-state index is 12.1. The highest BCUT2D eigenvalue weighted by Gasteiger charge is 2.39. The molecule has 1 aliphatic heterocycles. The van der Waals surface area contributed by atoms with Crippen molar-refractivity contribution in [2.24, 2.45) is 0 Å². The van der Waals surface area contributed by atoms with Crippen LogP contribution in [0.5, 0.6) is 0 Å². The molecule has 0 saturated carbocycles. The largest absolute Gasteiger partial charge is 0.471 e. The van der Waals surface area contributed by atoms with Gasteiger partial charge in [0.2, 0.25) is 0 Å². The first kappa shape index (κ1) is 13.8. The Labute approximate surface area is 109 Å². The number of carbonyl (C=O) groups is 3. The quantitative estimate of drug-likeness (QED) is 0.825. The molecule has 0 spiro atoms. The van der Waals surface area contributed by atoms with Crippen molar-refractivity contribution in [1.29, 1.82) is 0 Å². The normalized spacial score (nSPS) is 14.2. The number of anilines is 1. The Balaban J connectivity index is 2.24. The summed E-state index contributed by atoms with van der Waals surface area (Å²) in [5.41, 5.74) is 0.154. The number of alkyl halides is 3. The third-order valence-corrected chi connectivity index (χ3v) is 2.66. The van der Waals surface area contributed by atoms with E-state index in [1.807, 2.05) is 0 Å². The van der Waals surface area contributed by atoms with Crippen molar-refractivity contribution in [3.05, 3.63) is 29.3 Å². The van der Waals surface area contributed by atoms with Crippen molar-refractivity contribution >= 4 is 23.6 Å². The molecular weight excluding hydrogens is 281 g/mol. The van der Waals surface area contributed by atoms with Gasteiger partial charge in [-0.2, -0.15) is 13.2 Å². The molecule has 6 nitrogen and oxygen atoms in total. The number of imide groups is 1. The number of hydrogen-bond donors (Lipinski definition) is 2. The highest BCUT2D eigenvalue weighted by atomic mass is 19.4. The zero-order valence-electron chi connectivity index (χ0n) is 9.69. The Morgan fingerprint density at radius 2 is 1.95 bits per heavy atom. The van der Waals surface area contributed by atoms with Crippen LogP contribution in [0.4, 0.5) is 23.7 Å². The molecule has 1 aromatic carbocycles. The molecule has 0 unspecified atom stereocenters. The number of carbonyl (C=O) groups excluding carboxylic acids is 2. The number of hydrogen-bond acceptors (Lipinski definition) is 3. The van der Waals surface area contributed by atoms with Crippen LogP contribution in [-0.4, -0.2) is 34.1 Å². The van der Waals surface area contributed by atoms with Gasteiger partial charge in [-0.15, -0.1) is 0 Å². The zero-order valence-corrected chi connectivity index (χ0v) is 9.69. The summed E-state index contributed by atoms with van der Waals surface area (Å²) in [6.45, 7) is -0.265. The van der Waals surface area contributed by atoms with E-state index in [1.165, 1.54) is 6.07 Å². The van der Waals surface area contributed by atoms with Crippen molar-refractivity contribution in [2.45, 2.75) is 12.7 Å². The van der Waals surface area contributed by atoms with Gasteiger partial charge in [0.1, 0.15) is 0 Å². The number of fused-ring (bicyclic) bond motifs is 1. The molecule has 0 saturated heterocycles. The number of carboxylic acid groups (broad SMARTS) is 1. The molecule has 106 valence electrons. The molecule has 0 bridgehead atoms. The molecule has 1 aliphatic rings. The monoisotopic (exact) mass is 288 g/mol. The minimum atomic E-state index is -5.03. The van der Waals surface area contributed by atoms with Crippen molar-refractivity contribution < 1.29 is 32.7 Å². The molecular formula is C11H7F3N2O4. The van der Waals surface area contributed by atoms with E-state index in [1.54, 1.807) is 5.32 Å². The first-order chi connectivity index (χ1) is 9.20. The fraction of sp³-hybridized carbons (Fsp3) is 0.182. The third-order valence-electron chi connectivity index (χ3n) is 2.66. The zero-order chi connectivity index (χ0) is 15.1. The van der Waals surface area contributed by atoms with Gasteiger partial charge in [0, 0.05) is 11.3 Å². The van der Waals surface area contributed by atoms with Crippen molar-refractivity contribution in [3.63, 3.8) is 0 Å². The van der Waals surface area contributed by atoms with Crippen LogP contribution < -0.4 is 5.32 Å². The fourth-order valence-electron chi connectivity index (χ4n) is 1.75. The molecule has 0 atom stereocenters. The van der Waals surface area contributed by atoms with Crippen molar-refractivity contribution in [2.75, 3.05) is 5.32 Å². The maximum Gasteiger partial charge on any atom is 0.471 e. The summed E-state index contributed by atoms with van der Waals surface area (Å²) in [6.07, 6.45) is -6.48. The Morgan fingerprint density at radius 1 is 1.30 bits per heavy atom. The van der Waals surface area contributed by atoms with Gasteiger partial charge in [-0.05, 0) is 23.8 Å². The number of halogens is 3. The molecule has 9 heteroatoms. The van der Waals surface area contributed by atoms with E-state index >= 15 is 0 Å². The lowest BCUT2D eigenvalue weighted by molar-refractivity contribution is -0.167. The SMILES string of the molecule is O=C(O)N1Cc2cc(NC(=O)C(F)(F)F)ccc2C1=O. The number of rotatable bonds is 1. The van der Waals surface area contributed by atoms with Gasteiger partial charge in [-0.1, -0.05) is 0 Å². The van der Waals surface area contributed by atoms with E-state index in [2.05, 4.69) is 0 Å². The van der Waals surface area contributed by atoms with Gasteiger partial charge in [0.05, 0.1) is 6.54 Å². The maximum absolute atomic E-state index is 12.1. The minimum Gasteiger partial charge on any atom is -0.465 e. The number of amides is 3. The van der Waals surface area contributed by atoms with Crippen LogP contribution in [0.3, 0.4) is 0 Å². The summed E-state index contributed by atoms with van der Waals surface area (Å²) < 4.78 is 36.3. The molecule has 1 aromatic rings. The minimum absolute atomic E-state index is 0.0809. The molecule has 2 N–H and O–H groups in total. The standard InChI is InChI=1S/C11H7F3N2O4/c12-11(13,14)9(18)15-6-1-2-7-5(3-6)4-16(8(7)17)10(19)20/h1-3H,4H2,(H,15,18)(H,19,20). The summed E-state index contributed by atoms with van der Waals surface area (Å²) in [7, 11) is 0. The Kier molecular flexibility index (Phi) is 3.12. The van der Waals surface area contributed by atoms with E-state index in [9.17, 15) is 27.6 Å². The van der Waals surface area contributed by atoms with Gasteiger partial charge in [0.15, 0.2) is 0 Å². The predicted molar refractivity (Wildman–Crippen MR) is 59.0 cm³/mol. The van der Waals surface area contributed by atoms with Gasteiger partial charge >= 0.3 is 18.2 Å². The number of benzene rings is 1. The van der Waals surface area contributed by atoms with Gasteiger partial charge < -0.3 is 10.4 Å². The summed E-state index contributed by atoms with van der Waals surface area (Å²) in [5.74, 6) is -2.89. The topological polar surface area (TPSA) is 86.7 Å². The molecule has 1 heterocycles. The van der Waals surface area contributed by atoms with Crippen LogP contribution in [0.2, 0.25) is 0 Å². The second-order valence-electron chi connectivity index (χ2n) is 4.00. The molecule has 3 amide bonds. The first-order valence-electron chi connectivity index (χ1n) is 5.26. The van der Waals surface area contributed by atoms with Gasteiger partial charge in [-0.3, -0.25) is 9.59 Å². The lowest BCUT2D eigenvalue weighted by Gasteiger charge is -2.08. The second kappa shape index (κ2) is 4.51. The van der Waals surface area contributed by atoms with Crippen LogP contribution >= 0.6 is 0 Å². The summed E-state index contributed by atoms with van der Waals surface area (Å²) in [4.78, 5) is 33.7. The Bertz CT molecular complexity index is 612. The molecule has 0 aliphatic carbocycles. The van der Waals surface area contributed by atoms with Crippen molar-refractivity contribution in [1.82, 2.24) is 4.90 Å². The highest BCUT2D eigenvalue weighted by molar-refractivity contribution is 6.06. The lowest BCUT2D eigenvalue weighted by atomic mass is 10.1. The molecule has 0 fully saturated rings. The second-order valence-corrected chi connectivity index (χ2v) is 4.00. The van der Waals surface area contributed by atoms with E-state index in [-0.39, 0.29) is 23.4 Å². The number of nitrogens with one attached hydrogen (secondary N) is 1. The van der Waals surface area contributed by atoms with Gasteiger partial charge in [-0.25, -0.2) is 9.69 Å². The first-order valence-corrected chi connectivity index (χ1v) is 5.26. The summed E-state index contributed by atoms with van der Waals surface area (Å²) >= 11 is 0. The molecule has 0 aromatic heterocycles. The molecule has 2 rings (SSSR count). The van der Waals surface area contributed by atoms with E-state index < -0.39 is 24.1 Å². The van der Waals surface area contributed by atoms with Crippen LogP contribution in [0, 0.1) is 0 Å². The van der Waals surface area contributed by atoms with Crippen LogP contribution in [0.1, 0.15) is 15.9 Å². The average molecular weight is 288 g/mol. The van der Waals surface area contributed by atoms with Crippen LogP contribution in [0.15, 0.2) is 18.2 Å². The van der Waals surface area contributed by atoms with E-state index in [4.69, 9.17) is 5.11 Å². The van der Waals surface area contributed by atoms with E-state index in [0.29, 0.717) is 4.90 Å². The van der Waals surface area contributed by atoms with Crippen LogP contribution in [0.25, 0.3) is 0 Å². The Morgan fingerprint density at radius 3 is 2.50 bits per heavy atom. The van der Waals surface area contributed by atoms with Gasteiger partial charge in [0.25, 0.3) is 5.91 Å². The van der Waals surface area contributed by atoms with Crippen LogP contribution in [-0.2, 0) is 11.3 Å². The lowest BCUT2D eigenvalue weighted by Crippen LogP contribution is -2.29. The number of nitrogens with zero attached hydrogens (tertiary/aromatic N) is 1. The third kappa shape index (κ3) is 2.42.